The van der Waals surface area contributed by atoms with Crippen LogP contribution in [0, 0.1) is 17.8 Å². The van der Waals surface area contributed by atoms with E-state index >= 15 is 0 Å². The van der Waals surface area contributed by atoms with Crippen LogP contribution >= 0.6 is 23.2 Å². The number of aromatic carboxylic acids is 1. The molecule has 3 aliphatic carbocycles. The Morgan fingerprint density at radius 1 is 0.821 bits per heavy atom. The van der Waals surface area contributed by atoms with Gasteiger partial charge in [-0.05, 0) is 46.4 Å². The average Bonchev–Trinajstić information content (AvgIpc) is 3.18. The Balaban J connectivity index is 1.46. The minimum Gasteiger partial charge on any atom is -0.478 e. The van der Waals surface area contributed by atoms with Crippen molar-refractivity contribution in [3.8, 4) is 0 Å². The summed E-state index contributed by atoms with van der Waals surface area (Å²) < 4.78 is 0. The molecule has 3 aromatic carbocycles. The summed E-state index contributed by atoms with van der Waals surface area (Å²) >= 11 is 14.9. The summed E-state index contributed by atoms with van der Waals surface area (Å²) in [4.78, 5) is 51.9. The molecule has 0 unspecified atom stereocenters. The van der Waals surface area contributed by atoms with E-state index in [-0.39, 0.29) is 11.3 Å². The maximum absolute atomic E-state index is 14.3. The third-order valence-electron chi connectivity index (χ3n) is 8.17. The number of alkyl halides is 2. The van der Waals surface area contributed by atoms with Gasteiger partial charge in [-0.2, -0.15) is 0 Å². The van der Waals surface area contributed by atoms with Crippen molar-refractivity contribution in [2.45, 2.75) is 29.6 Å². The molecule has 0 radical (unpaired) electrons. The van der Waals surface area contributed by atoms with Gasteiger partial charge in [-0.15, -0.1) is 23.2 Å². The van der Waals surface area contributed by atoms with E-state index in [9.17, 15) is 24.3 Å². The maximum atomic E-state index is 14.3. The topological polar surface area (TPSA) is 104 Å². The zero-order chi connectivity index (χ0) is 27.9. The molecule has 2 bridgehead atoms. The lowest BCUT2D eigenvalue weighted by molar-refractivity contribution is -0.148. The fourth-order valence-corrected chi connectivity index (χ4v) is 7.72. The van der Waals surface area contributed by atoms with Crippen LogP contribution in [0.3, 0.4) is 0 Å². The van der Waals surface area contributed by atoms with E-state index in [1.54, 1.807) is 19.9 Å². The number of nitrogens with zero attached hydrogens (tertiary/aromatic N) is 1. The van der Waals surface area contributed by atoms with Gasteiger partial charge in [-0.25, -0.2) is 4.79 Å². The Bertz CT molecular complexity index is 1460. The number of benzene rings is 3. The standard InChI is InChI=1S/C30H24Cl2N2O5/c1-15(2)24(25(35)33-17-9-7-8-16(14-17)28(38)39)34-26(36)22-23(27(34)37)30(32)19-11-4-3-10-18(19)29(22,31)20-12-5-6-13-21(20)30/h3-15,22-24H,1-2H3,(H,33,35)(H,38,39)/t22-,23+,24-,29?,30?/m0/s1. The fourth-order valence-electron chi connectivity index (χ4n) is 6.63. The lowest BCUT2D eigenvalue weighted by Crippen LogP contribution is -2.57. The molecule has 0 aromatic heterocycles. The molecule has 2 N–H and O–H groups in total. The first-order chi connectivity index (χ1) is 18.5. The van der Waals surface area contributed by atoms with E-state index < -0.39 is 57.2 Å². The summed E-state index contributed by atoms with van der Waals surface area (Å²) in [5.74, 6) is -5.35. The number of carboxylic acids is 1. The molecule has 1 aliphatic heterocycles. The number of carbonyl (C=O) groups is 4. The lowest BCUT2D eigenvalue weighted by Gasteiger charge is -2.54. The second-order valence-corrected chi connectivity index (χ2v) is 11.8. The van der Waals surface area contributed by atoms with Crippen LogP contribution in [-0.4, -0.2) is 39.7 Å². The van der Waals surface area contributed by atoms with Crippen LogP contribution in [0.5, 0.6) is 0 Å². The third kappa shape index (κ3) is 3.29. The number of hydrogen-bond acceptors (Lipinski definition) is 4. The Labute approximate surface area is 234 Å². The van der Waals surface area contributed by atoms with Crippen LogP contribution in [0.1, 0.15) is 46.5 Å². The molecule has 4 aliphatic rings. The van der Waals surface area contributed by atoms with Crippen molar-refractivity contribution in [3.63, 3.8) is 0 Å². The molecule has 39 heavy (non-hydrogen) atoms. The zero-order valence-corrected chi connectivity index (χ0v) is 22.5. The highest BCUT2D eigenvalue weighted by Crippen LogP contribution is 2.69. The Hall–Kier alpha value is -3.68. The number of halogens is 2. The molecule has 198 valence electrons. The number of carboxylic acid groups (broad SMARTS) is 1. The fraction of sp³-hybridized carbons (Fsp3) is 0.267. The number of nitrogens with one attached hydrogen (secondary N) is 1. The normalized spacial score (nSPS) is 27.2. The summed E-state index contributed by atoms with van der Waals surface area (Å²) in [6.45, 7) is 3.48. The highest BCUT2D eigenvalue weighted by atomic mass is 35.5. The SMILES string of the molecule is CC(C)[C@@H](C(=O)Nc1cccc(C(=O)O)c1)N1C(=O)[C@@H]2[C@H](C1=O)C1(Cl)c3ccccc3C2(Cl)c2ccccc21. The molecule has 0 saturated carbocycles. The molecule has 1 heterocycles. The van der Waals surface area contributed by atoms with Crippen molar-refractivity contribution in [1.82, 2.24) is 4.90 Å². The monoisotopic (exact) mass is 562 g/mol. The van der Waals surface area contributed by atoms with Gasteiger partial charge >= 0.3 is 5.97 Å². The van der Waals surface area contributed by atoms with Gasteiger partial charge in [0.25, 0.3) is 0 Å². The highest BCUT2D eigenvalue weighted by Gasteiger charge is 2.73. The van der Waals surface area contributed by atoms with Gasteiger partial charge in [-0.1, -0.05) is 68.4 Å². The number of carbonyl (C=O) groups excluding carboxylic acids is 3. The summed E-state index contributed by atoms with van der Waals surface area (Å²) in [6, 6.07) is 19.3. The van der Waals surface area contributed by atoms with Gasteiger partial charge in [0, 0.05) is 5.69 Å². The molecule has 3 aromatic rings. The van der Waals surface area contributed by atoms with Gasteiger partial charge in [-0.3, -0.25) is 19.3 Å². The number of hydrogen-bond donors (Lipinski definition) is 2. The van der Waals surface area contributed by atoms with Crippen molar-refractivity contribution in [1.29, 1.82) is 0 Å². The summed E-state index contributed by atoms with van der Waals surface area (Å²) in [7, 11) is 0. The Morgan fingerprint density at radius 2 is 1.28 bits per heavy atom. The number of amides is 3. The summed E-state index contributed by atoms with van der Waals surface area (Å²) in [5.41, 5.74) is 2.96. The molecule has 0 spiro atoms. The van der Waals surface area contributed by atoms with Gasteiger partial charge < -0.3 is 10.4 Å². The lowest BCUT2D eigenvalue weighted by atomic mass is 9.54. The number of anilines is 1. The highest BCUT2D eigenvalue weighted by molar-refractivity contribution is 6.36. The van der Waals surface area contributed by atoms with E-state index in [1.807, 2.05) is 48.5 Å². The van der Waals surface area contributed by atoms with Crippen molar-refractivity contribution in [3.05, 3.63) is 101 Å². The smallest absolute Gasteiger partial charge is 0.335 e. The van der Waals surface area contributed by atoms with E-state index in [4.69, 9.17) is 23.2 Å². The third-order valence-corrected chi connectivity index (χ3v) is 9.46. The van der Waals surface area contributed by atoms with Crippen molar-refractivity contribution < 1.29 is 24.3 Å². The second kappa shape index (κ2) is 8.66. The number of likely N-dealkylation sites (tertiary alicyclic amines) is 1. The predicted molar refractivity (Wildman–Crippen MR) is 146 cm³/mol. The molecule has 7 rings (SSSR count). The van der Waals surface area contributed by atoms with Crippen LogP contribution in [0.25, 0.3) is 0 Å². The molecule has 1 fully saturated rings. The molecule has 1 saturated heterocycles. The zero-order valence-electron chi connectivity index (χ0n) is 21.0. The molecule has 7 nitrogen and oxygen atoms in total. The van der Waals surface area contributed by atoms with Crippen LogP contribution in [0.2, 0.25) is 0 Å². The summed E-state index contributed by atoms with van der Waals surface area (Å²) in [6.07, 6.45) is 0. The molecule has 9 heteroatoms. The van der Waals surface area contributed by atoms with E-state index in [0.29, 0.717) is 22.3 Å². The second-order valence-electron chi connectivity index (χ2n) is 10.6. The molecular weight excluding hydrogens is 539 g/mol. The number of rotatable bonds is 5. The van der Waals surface area contributed by atoms with Crippen molar-refractivity contribution >= 4 is 52.6 Å². The van der Waals surface area contributed by atoms with Crippen LogP contribution < -0.4 is 5.32 Å². The Kier molecular flexibility index (Phi) is 5.68. The summed E-state index contributed by atoms with van der Waals surface area (Å²) in [5, 5.41) is 12.0. The first-order valence-electron chi connectivity index (χ1n) is 12.6. The van der Waals surface area contributed by atoms with Crippen LogP contribution in [-0.2, 0) is 24.1 Å². The van der Waals surface area contributed by atoms with Crippen LogP contribution in [0.4, 0.5) is 5.69 Å². The minimum atomic E-state index is -1.34. The first kappa shape index (κ1) is 25.6. The quantitative estimate of drug-likeness (QED) is 0.338. The van der Waals surface area contributed by atoms with Gasteiger partial charge in [0.05, 0.1) is 17.4 Å². The van der Waals surface area contributed by atoms with Crippen LogP contribution in [0.15, 0.2) is 72.8 Å². The van der Waals surface area contributed by atoms with Gasteiger partial charge in [0.2, 0.25) is 17.7 Å². The maximum Gasteiger partial charge on any atom is 0.335 e. The van der Waals surface area contributed by atoms with Crippen molar-refractivity contribution in [2.75, 3.05) is 5.32 Å². The predicted octanol–water partition coefficient (Wildman–Crippen LogP) is 4.94. The molecule has 3 amide bonds. The molecule has 3 atom stereocenters. The first-order valence-corrected chi connectivity index (χ1v) is 13.4. The van der Waals surface area contributed by atoms with Crippen molar-refractivity contribution in [2.24, 2.45) is 17.8 Å². The van der Waals surface area contributed by atoms with E-state index in [0.717, 1.165) is 4.90 Å². The minimum absolute atomic E-state index is 0.00601. The largest absolute Gasteiger partial charge is 0.478 e. The van der Waals surface area contributed by atoms with E-state index in [2.05, 4.69) is 5.32 Å². The number of imide groups is 1. The van der Waals surface area contributed by atoms with Gasteiger partial charge in [0.1, 0.15) is 15.8 Å². The Morgan fingerprint density at radius 3 is 1.69 bits per heavy atom. The van der Waals surface area contributed by atoms with Gasteiger partial charge in [0.15, 0.2) is 0 Å². The average molecular weight is 563 g/mol. The van der Waals surface area contributed by atoms with E-state index in [1.165, 1.54) is 18.2 Å². The molecular formula is C30H24Cl2N2O5.